The molecule has 1 aliphatic carbocycles. The summed E-state index contributed by atoms with van der Waals surface area (Å²) in [5.41, 5.74) is 6.21. The monoisotopic (exact) mass is 191 g/mol. The van der Waals surface area contributed by atoms with E-state index in [1.54, 1.807) is 24.0 Å². The van der Waals surface area contributed by atoms with Gasteiger partial charge in [0.2, 0.25) is 0 Å². The second kappa shape index (κ2) is 3.38. The van der Waals surface area contributed by atoms with Gasteiger partial charge in [-0.3, -0.25) is 9.48 Å². The number of hydrogen-bond donors (Lipinski definition) is 1. The first-order valence-corrected chi connectivity index (χ1v) is 4.64. The molecule has 0 aromatic carbocycles. The Kier molecular flexibility index (Phi) is 2.21. The van der Waals surface area contributed by atoms with E-state index in [1.807, 2.05) is 12.2 Å². The molecular formula is C10H13N3O. The molecule has 0 bridgehead atoms. The van der Waals surface area contributed by atoms with E-state index in [2.05, 4.69) is 5.10 Å². The maximum atomic E-state index is 11.8. The minimum Gasteiger partial charge on any atom is -0.324 e. The van der Waals surface area contributed by atoms with Crippen LogP contribution in [0.2, 0.25) is 0 Å². The zero-order valence-electron chi connectivity index (χ0n) is 8.05. The van der Waals surface area contributed by atoms with Gasteiger partial charge in [-0.25, -0.2) is 0 Å². The second-order valence-electron chi connectivity index (χ2n) is 3.63. The van der Waals surface area contributed by atoms with Crippen molar-refractivity contribution >= 4 is 5.78 Å². The minimum atomic E-state index is -0.0834. The summed E-state index contributed by atoms with van der Waals surface area (Å²) in [4.78, 5) is 11.8. The number of carbonyl (C=O) groups excluding carboxylic acids is 1. The quantitative estimate of drug-likeness (QED) is 0.547. The SMILES string of the molecule is Cn1ccc(C(=O)C2C=CC(N)C2)n1. The van der Waals surface area contributed by atoms with Gasteiger partial charge in [-0.05, 0) is 12.5 Å². The van der Waals surface area contributed by atoms with E-state index in [0.29, 0.717) is 12.1 Å². The van der Waals surface area contributed by atoms with E-state index in [4.69, 9.17) is 5.73 Å². The number of aryl methyl sites for hydroxylation is 1. The average Bonchev–Trinajstić information content (AvgIpc) is 2.73. The molecule has 1 heterocycles. The lowest BCUT2D eigenvalue weighted by Crippen LogP contribution is -2.19. The molecular weight excluding hydrogens is 178 g/mol. The molecule has 4 nitrogen and oxygen atoms in total. The summed E-state index contributed by atoms with van der Waals surface area (Å²) < 4.78 is 1.63. The fraction of sp³-hybridized carbons (Fsp3) is 0.400. The van der Waals surface area contributed by atoms with Gasteiger partial charge in [-0.1, -0.05) is 12.2 Å². The lowest BCUT2D eigenvalue weighted by molar-refractivity contribution is 0.0937. The van der Waals surface area contributed by atoms with E-state index in [0.717, 1.165) is 0 Å². The molecule has 4 heteroatoms. The van der Waals surface area contributed by atoms with Crippen LogP contribution in [-0.4, -0.2) is 21.6 Å². The van der Waals surface area contributed by atoms with E-state index >= 15 is 0 Å². The first kappa shape index (κ1) is 9.15. The van der Waals surface area contributed by atoms with Gasteiger partial charge in [0.25, 0.3) is 0 Å². The van der Waals surface area contributed by atoms with Crippen molar-refractivity contribution in [2.45, 2.75) is 12.5 Å². The van der Waals surface area contributed by atoms with E-state index in [9.17, 15) is 4.79 Å². The zero-order chi connectivity index (χ0) is 10.1. The predicted octanol–water partition coefficient (Wildman–Crippen LogP) is 0.506. The summed E-state index contributed by atoms with van der Waals surface area (Å²) in [5, 5.41) is 4.07. The number of aromatic nitrogens is 2. The van der Waals surface area contributed by atoms with Gasteiger partial charge in [0.15, 0.2) is 5.78 Å². The van der Waals surface area contributed by atoms with Crippen LogP contribution >= 0.6 is 0 Å². The Hall–Kier alpha value is -1.42. The third-order valence-corrected chi connectivity index (χ3v) is 2.42. The van der Waals surface area contributed by atoms with Gasteiger partial charge in [0.1, 0.15) is 5.69 Å². The molecule has 14 heavy (non-hydrogen) atoms. The number of Topliss-reactive ketones (excluding diaryl/α,β-unsaturated/α-hetero) is 1. The Morgan fingerprint density at radius 1 is 1.64 bits per heavy atom. The first-order chi connectivity index (χ1) is 6.66. The van der Waals surface area contributed by atoms with Gasteiger partial charge < -0.3 is 5.73 Å². The smallest absolute Gasteiger partial charge is 0.189 e. The molecule has 1 aromatic heterocycles. The molecule has 0 aliphatic heterocycles. The molecule has 0 saturated heterocycles. The van der Waals surface area contributed by atoms with Gasteiger partial charge >= 0.3 is 0 Å². The highest BCUT2D eigenvalue weighted by molar-refractivity contribution is 5.97. The molecule has 0 fully saturated rings. The lowest BCUT2D eigenvalue weighted by Gasteiger charge is -2.05. The van der Waals surface area contributed by atoms with E-state index < -0.39 is 0 Å². The van der Waals surface area contributed by atoms with Gasteiger partial charge in [0, 0.05) is 25.2 Å². The highest BCUT2D eigenvalue weighted by atomic mass is 16.1. The van der Waals surface area contributed by atoms with Crippen molar-refractivity contribution < 1.29 is 4.79 Å². The summed E-state index contributed by atoms with van der Waals surface area (Å²) in [5.74, 6) is -0.0188. The van der Waals surface area contributed by atoms with Crippen molar-refractivity contribution in [3.8, 4) is 0 Å². The van der Waals surface area contributed by atoms with Crippen molar-refractivity contribution in [3.63, 3.8) is 0 Å². The lowest BCUT2D eigenvalue weighted by atomic mass is 10.0. The summed E-state index contributed by atoms with van der Waals surface area (Å²) in [6.07, 6.45) is 6.23. The molecule has 0 saturated carbocycles. The number of rotatable bonds is 2. The van der Waals surface area contributed by atoms with Crippen LogP contribution < -0.4 is 5.73 Å². The van der Waals surface area contributed by atoms with Crippen molar-refractivity contribution in [1.82, 2.24) is 9.78 Å². The normalized spacial score (nSPS) is 25.6. The number of nitrogens with zero attached hydrogens (tertiary/aromatic N) is 2. The molecule has 1 aromatic rings. The summed E-state index contributed by atoms with van der Waals surface area (Å²) in [7, 11) is 1.80. The number of nitrogens with two attached hydrogens (primary N) is 1. The molecule has 0 spiro atoms. The molecule has 2 unspecified atom stereocenters. The molecule has 0 amide bonds. The van der Waals surface area contributed by atoms with Gasteiger partial charge in [0.05, 0.1) is 0 Å². The van der Waals surface area contributed by atoms with Crippen LogP contribution in [0.3, 0.4) is 0 Å². The molecule has 74 valence electrons. The van der Waals surface area contributed by atoms with E-state index in [1.165, 1.54) is 0 Å². The van der Waals surface area contributed by atoms with E-state index in [-0.39, 0.29) is 17.7 Å². The Bertz CT molecular complexity index is 380. The van der Waals surface area contributed by atoms with Crippen molar-refractivity contribution in [2.75, 3.05) is 0 Å². The van der Waals surface area contributed by atoms with Crippen LogP contribution in [0.4, 0.5) is 0 Å². The summed E-state index contributed by atoms with van der Waals surface area (Å²) >= 11 is 0. The molecule has 2 rings (SSSR count). The van der Waals surface area contributed by atoms with Crippen LogP contribution in [0.25, 0.3) is 0 Å². The van der Waals surface area contributed by atoms with Crippen molar-refractivity contribution in [1.29, 1.82) is 0 Å². The Morgan fingerprint density at radius 2 is 2.43 bits per heavy atom. The van der Waals surface area contributed by atoms with Crippen LogP contribution in [0.5, 0.6) is 0 Å². The Morgan fingerprint density at radius 3 is 2.93 bits per heavy atom. The topological polar surface area (TPSA) is 60.9 Å². The third kappa shape index (κ3) is 1.61. The van der Waals surface area contributed by atoms with Crippen molar-refractivity contribution in [2.24, 2.45) is 18.7 Å². The molecule has 2 N–H and O–H groups in total. The Labute approximate surface area is 82.4 Å². The highest BCUT2D eigenvalue weighted by Gasteiger charge is 2.24. The van der Waals surface area contributed by atoms with Gasteiger partial charge in [-0.15, -0.1) is 0 Å². The maximum Gasteiger partial charge on any atom is 0.189 e. The standard InChI is InChI=1S/C10H13N3O/c1-13-5-4-9(12-13)10(14)7-2-3-8(11)6-7/h2-5,7-8H,6,11H2,1H3. The maximum absolute atomic E-state index is 11.8. The number of ketones is 1. The first-order valence-electron chi connectivity index (χ1n) is 4.64. The van der Waals surface area contributed by atoms with Crippen LogP contribution in [0.15, 0.2) is 24.4 Å². The zero-order valence-corrected chi connectivity index (χ0v) is 8.05. The summed E-state index contributed by atoms with van der Waals surface area (Å²) in [6, 6.07) is 1.76. The molecule has 0 radical (unpaired) electrons. The largest absolute Gasteiger partial charge is 0.324 e. The third-order valence-electron chi connectivity index (χ3n) is 2.42. The van der Waals surface area contributed by atoms with Gasteiger partial charge in [-0.2, -0.15) is 5.10 Å². The van der Waals surface area contributed by atoms with Crippen molar-refractivity contribution in [3.05, 3.63) is 30.1 Å². The van der Waals surface area contributed by atoms with Crippen LogP contribution in [0, 0.1) is 5.92 Å². The number of hydrogen-bond acceptors (Lipinski definition) is 3. The van der Waals surface area contributed by atoms with Crippen LogP contribution in [-0.2, 0) is 7.05 Å². The fourth-order valence-corrected chi connectivity index (χ4v) is 1.66. The highest BCUT2D eigenvalue weighted by Crippen LogP contribution is 2.20. The second-order valence-corrected chi connectivity index (χ2v) is 3.63. The molecule has 2 atom stereocenters. The minimum absolute atomic E-state index is 0.0210. The molecule has 1 aliphatic rings. The average molecular weight is 191 g/mol. The predicted molar refractivity (Wildman–Crippen MR) is 52.8 cm³/mol. The number of carbonyl (C=O) groups is 1. The fourth-order valence-electron chi connectivity index (χ4n) is 1.66. The summed E-state index contributed by atoms with van der Waals surface area (Å²) in [6.45, 7) is 0. The number of allylic oxidation sites excluding steroid dienone is 1. The van der Waals surface area contributed by atoms with Crippen LogP contribution in [0.1, 0.15) is 16.9 Å². The Balaban J connectivity index is 2.13.